The van der Waals surface area contributed by atoms with Crippen LogP contribution >= 0.6 is 0 Å². The van der Waals surface area contributed by atoms with Crippen LogP contribution in [0.25, 0.3) is 0 Å². The number of hydrogen-bond acceptors (Lipinski definition) is 0. The molecule has 1 heteroatoms. The van der Waals surface area contributed by atoms with E-state index in [4.69, 9.17) is 0 Å². The topological polar surface area (TPSA) is 0 Å². The van der Waals surface area contributed by atoms with Gasteiger partial charge in [0.1, 0.15) is 0 Å². The van der Waals surface area contributed by atoms with E-state index in [1.807, 2.05) is 0 Å². The summed E-state index contributed by atoms with van der Waals surface area (Å²) < 4.78 is 0. The van der Waals surface area contributed by atoms with E-state index in [2.05, 4.69) is 12.2 Å². The Morgan fingerprint density at radius 2 is 0.941 bits per heavy atom. The number of hydrogen-bond donors (Lipinski definition) is 0. The minimum absolute atomic E-state index is 0. The summed E-state index contributed by atoms with van der Waals surface area (Å²) in [6.07, 6.45) is 21.9. The quantitative estimate of drug-likeness (QED) is 0.556. The normalized spacial score (nSPS) is 23.1. The van der Waals surface area contributed by atoms with E-state index < -0.39 is 0 Å². The Morgan fingerprint density at radius 3 is 1.41 bits per heavy atom. The van der Waals surface area contributed by atoms with Crippen molar-refractivity contribution in [2.75, 3.05) is 0 Å². The van der Waals surface area contributed by atoms with E-state index in [-0.39, 0.29) is 19.5 Å². The summed E-state index contributed by atoms with van der Waals surface area (Å²) in [5.41, 5.74) is 3.42. The van der Waals surface area contributed by atoms with E-state index in [0.717, 1.165) is 0 Å². The van der Waals surface area contributed by atoms with Crippen LogP contribution < -0.4 is 0 Å². The van der Waals surface area contributed by atoms with Gasteiger partial charge in [-0.2, -0.15) is 0 Å². The molecule has 0 aromatic heterocycles. The van der Waals surface area contributed by atoms with Gasteiger partial charge in [0.15, 0.2) is 0 Å². The van der Waals surface area contributed by atoms with E-state index in [1.54, 1.807) is 11.1 Å². The first-order valence-electron chi connectivity index (χ1n) is 7.35. The maximum Gasteiger partial charge on any atom is 1.00 e. The van der Waals surface area contributed by atoms with Crippen LogP contribution in [0.1, 0.15) is 77.0 Å². The molecule has 0 nitrogen and oxygen atoms in total. The van der Waals surface area contributed by atoms with Crippen molar-refractivity contribution in [1.82, 2.24) is 0 Å². The van der Waals surface area contributed by atoms with Crippen LogP contribution in [0.3, 0.4) is 0 Å². The van der Waals surface area contributed by atoms with E-state index in [1.165, 1.54) is 77.0 Å². The SMILES string of the molecule is C1=C(C2=CCCCCCC2)CCCCCC1.[Rh+]. The second-order valence-electron chi connectivity index (χ2n) is 5.36. The van der Waals surface area contributed by atoms with E-state index in [9.17, 15) is 0 Å². The molecule has 0 N–H and O–H groups in total. The first-order valence-corrected chi connectivity index (χ1v) is 7.35. The van der Waals surface area contributed by atoms with Gasteiger partial charge in [0, 0.05) is 0 Å². The van der Waals surface area contributed by atoms with Crippen LogP contribution in [-0.4, -0.2) is 0 Å². The first-order chi connectivity index (χ1) is 7.97. The summed E-state index contributed by atoms with van der Waals surface area (Å²) in [6.45, 7) is 0. The third kappa shape index (κ3) is 5.51. The van der Waals surface area contributed by atoms with Gasteiger partial charge in [-0.3, -0.25) is 0 Å². The Balaban J connectivity index is 0.00000144. The Kier molecular flexibility index (Phi) is 8.11. The van der Waals surface area contributed by atoms with Gasteiger partial charge in [0.2, 0.25) is 0 Å². The summed E-state index contributed by atoms with van der Waals surface area (Å²) in [4.78, 5) is 0. The molecule has 0 spiro atoms. The minimum atomic E-state index is 0. The Labute approximate surface area is 120 Å². The van der Waals surface area contributed by atoms with E-state index in [0.29, 0.717) is 0 Å². The van der Waals surface area contributed by atoms with Crippen molar-refractivity contribution in [3.8, 4) is 0 Å². The van der Waals surface area contributed by atoms with Gasteiger partial charge in [-0.25, -0.2) is 0 Å². The zero-order chi connectivity index (χ0) is 11.1. The zero-order valence-corrected chi connectivity index (χ0v) is 12.6. The molecule has 0 saturated carbocycles. The predicted molar refractivity (Wildman–Crippen MR) is 71.6 cm³/mol. The first kappa shape index (κ1) is 15.2. The predicted octanol–water partition coefficient (Wildman–Crippen LogP) is 5.55. The Hall–Kier alpha value is 0.103. The molecule has 17 heavy (non-hydrogen) atoms. The standard InChI is InChI=1S/C16H26.Rh/c1-3-7-11-15(12-8-4-1)16-13-9-5-2-6-10-14-16;/h11,13H,1-10,12,14H2;/q;+1. The molecule has 2 aliphatic carbocycles. The molecule has 0 radical (unpaired) electrons. The van der Waals surface area contributed by atoms with Crippen LogP contribution in [0.4, 0.5) is 0 Å². The fraction of sp³-hybridized carbons (Fsp3) is 0.750. The van der Waals surface area contributed by atoms with Gasteiger partial charge in [0.25, 0.3) is 0 Å². The number of allylic oxidation sites excluding steroid dienone is 4. The van der Waals surface area contributed by atoms with Gasteiger partial charge in [-0.1, -0.05) is 37.8 Å². The summed E-state index contributed by atoms with van der Waals surface area (Å²) in [6, 6.07) is 0. The summed E-state index contributed by atoms with van der Waals surface area (Å²) in [5, 5.41) is 0. The molecule has 0 fully saturated rings. The zero-order valence-electron chi connectivity index (χ0n) is 11.0. The molecule has 98 valence electrons. The van der Waals surface area contributed by atoms with Crippen molar-refractivity contribution in [2.24, 2.45) is 0 Å². The maximum absolute atomic E-state index is 2.55. The molecule has 0 aromatic carbocycles. The number of rotatable bonds is 1. The summed E-state index contributed by atoms with van der Waals surface area (Å²) in [7, 11) is 0. The molecule has 0 amide bonds. The van der Waals surface area contributed by atoms with Crippen LogP contribution in [0, 0.1) is 0 Å². The van der Waals surface area contributed by atoms with Crippen LogP contribution in [0.15, 0.2) is 23.3 Å². The van der Waals surface area contributed by atoms with Crippen molar-refractivity contribution >= 4 is 0 Å². The van der Waals surface area contributed by atoms with Crippen molar-refractivity contribution in [3.63, 3.8) is 0 Å². The third-order valence-corrected chi connectivity index (χ3v) is 3.99. The monoisotopic (exact) mass is 321 g/mol. The van der Waals surface area contributed by atoms with Crippen molar-refractivity contribution in [3.05, 3.63) is 23.3 Å². The molecule has 0 unspecified atom stereocenters. The molecule has 2 rings (SSSR count). The minimum Gasteiger partial charge on any atom is -0.0811 e. The van der Waals surface area contributed by atoms with E-state index >= 15 is 0 Å². The Morgan fingerprint density at radius 1 is 0.529 bits per heavy atom. The van der Waals surface area contributed by atoms with Crippen LogP contribution in [0.2, 0.25) is 0 Å². The molecule has 0 heterocycles. The molecule has 0 saturated heterocycles. The Bertz CT molecular complexity index is 235. The molecule has 0 atom stereocenters. The van der Waals surface area contributed by atoms with Gasteiger partial charge >= 0.3 is 19.5 Å². The average molecular weight is 321 g/mol. The fourth-order valence-electron chi connectivity index (χ4n) is 2.97. The maximum atomic E-state index is 2.55. The van der Waals surface area contributed by atoms with Crippen molar-refractivity contribution in [2.45, 2.75) is 77.0 Å². The van der Waals surface area contributed by atoms with Gasteiger partial charge in [0.05, 0.1) is 0 Å². The molecule has 0 aliphatic heterocycles. The van der Waals surface area contributed by atoms with Gasteiger partial charge < -0.3 is 0 Å². The van der Waals surface area contributed by atoms with Gasteiger partial charge in [-0.15, -0.1) is 0 Å². The summed E-state index contributed by atoms with van der Waals surface area (Å²) >= 11 is 0. The molecule has 0 bridgehead atoms. The molecular weight excluding hydrogens is 295 g/mol. The molecule has 2 aliphatic rings. The van der Waals surface area contributed by atoms with Crippen LogP contribution in [-0.2, 0) is 19.5 Å². The van der Waals surface area contributed by atoms with Gasteiger partial charge in [-0.05, 0) is 62.5 Å². The smallest absolute Gasteiger partial charge is 0.0811 e. The van der Waals surface area contributed by atoms with Crippen molar-refractivity contribution < 1.29 is 19.5 Å². The third-order valence-electron chi connectivity index (χ3n) is 3.99. The second kappa shape index (κ2) is 9.09. The fourth-order valence-corrected chi connectivity index (χ4v) is 2.97. The largest absolute Gasteiger partial charge is 1.00 e. The average Bonchev–Trinajstić information content (AvgIpc) is 2.18. The molecule has 0 aromatic rings. The summed E-state index contributed by atoms with van der Waals surface area (Å²) in [5.74, 6) is 0. The van der Waals surface area contributed by atoms with Crippen LogP contribution in [0.5, 0.6) is 0 Å². The second-order valence-corrected chi connectivity index (χ2v) is 5.36. The van der Waals surface area contributed by atoms with Crippen molar-refractivity contribution in [1.29, 1.82) is 0 Å². The molecular formula is C16H26Rh+.